The Hall–Kier alpha value is -2.94. The van der Waals surface area contributed by atoms with Crippen LogP contribution in [-0.2, 0) is 0 Å². The van der Waals surface area contributed by atoms with Crippen molar-refractivity contribution in [3.05, 3.63) is 83.4 Å². The molecular formula is C26H29NO2. The summed E-state index contributed by atoms with van der Waals surface area (Å²) >= 11 is 0. The van der Waals surface area contributed by atoms with Gasteiger partial charge in [0.15, 0.2) is 5.78 Å². The molecule has 1 amide bonds. The summed E-state index contributed by atoms with van der Waals surface area (Å²) in [5.41, 5.74) is 2.09. The fourth-order valence-corrected chi connectivity index (χ4v) is 4.08. The fraction of sp³-hybridized carbons (Fsp3) is 0.308. The molecule has 0 spiro atoms. The third kappa shape index (κ3) is 4.09. The van der Waals surface area contributed by atoms with Gasteiger partial charge in [0.1, 0.15) is 0 Å². The fourth-order valence-electron chi connectivity index (χ4n) is 4.08. The van der Waals surface area contributed by atoms with Gasteiger partial charge in [0.05, 0.1) is 5.56 Å². The summed E-state index contributed by atoms with van der Waals surface area (Å²) in [5, 5.41) is 1.90. The monoisotopic (exact) mass is 387 g/mol. The van der Waals surface area contributed by atoms with Gasteiger partial charge < -0.3 is 4.90 Å². The lowest BCUT2D eigenvalue weighted by Crippen LogP contribution is -2.42. The van der Waals surface area contributed by atoms with Crippen molar-refractivity contribution in [2.45, 2.75) is 52.6 Å². The maximum absolute atomic E-state index is 13.7. The second-order valence-electron chi connectivity index (χ2n) is 8.10. The SMILES string of the molecule is CC(C)N(C(=O)c1c([C@@H](C)C(=O)c2ccccc2)ccc2ccccc12)C(C)C. The van der Waals surface area contributed by atoms with Gasteiger partial charge in [-0.3, -0.25) is 9.59 Å². The molecule has 0 heterocycles. The molecule has 0 aliphatic carbocycles. The van der Waals surface area contributed by atoms with E-state index in [1.165, 1.54) is 0 Å². The Morgan fingerprint density at radius 3 is 1.93 bits per heavy atom. The summed E-state index contributed by atoms with van der Waals surface area (Å²) in [6.07, 6.45) is 0. The smallest absolute Gasteiger partial charge is 0.255 e. The molecule has 0 bridgehead atoms. The maximum atomic E-state index is 13.7. The summed E-state index contributed by atoms with van der Waals surface area (Å²) in [5.74, 6) is -0.410. The molecule has 0 aliphatic heterocycles. The molecule has 0 saturated heterocycles. The van der Waals surface area contributed by atoms with E-state index in [0.717, 1.165) is 16.3 Å². The molecule has 3 aromatic rings. The molecule has 3 heteroatoms. The Balaban J connectivity index is 2.19. The first kappa shape index (κ1) is 20.8. The number of carbonyl (C=O) groups is 2. The summed E-state index contributed by atoms with van der Waals surface area (Å²) in [6.45, 7) is 10.0. The van der Waals surface area contributed by atoms with E-state index in [9.17, 15) is 9.59 Å². The van der Waals surface area contributed by atoms with E-state index in [-0.39, 0.29) is 23.8 Å². The highest BCUT2D eigenvalue weighted by molar-refractivity contribution is 6.11. The molecule has 3 nitrogen and oxygen atoms in total. The van der Waals surface area contributed by atoms with Gasteiger partial charge in [-0.25, -0.2) is 0 Å². The van der Waals surface area contributed by atoms with E-state index in [2.05, 4.69) is 0 Å². The first-order valence-electron chi connectivity index (χ1n) is 10.3. The van der Waals surface area contributed by atoms with Crippen LogP contribution in [0.25, 0.3) is 10.8 Å². The van der Waals surface area contributed by atoms with Crippen molar-refractivity contribution in [1.82, 2.24) is 4.90 Å². The normalized spacial score (nSPS) is 12.4. The third-order valence-electron chi connectivity index (χ3n) is 5.44. The quantitative estimate of drug-likeness (QED) is 0.480. The zero-order valence-corrected chi connectivity index (χ0v) is 17.8. The molecule has 0 saturated carbocycles. The molecular weight excluding hydrogens is 358 g/mol. The van der Waals surface area contributed by atoms with Crippen LogP contribution in [0.3, 0.4) is 0 Å². The number of benzene rings is 3. The first-order valence-corrected chi connectivity index (χ1v) is 10.3. The van der Waals surface area contributed by atoms with Crippen molar-refractivity contribution in [2.24, 2.45) is 0 Å². The van der Waals surface area contributed by atoms with Crippen molar-refractivity contribution in [3.63, 3.8) is 0 Å². The summed E-state index contributed by atoms with van der Waals surface area (Å²) in [4.78, 5) is 28.8. The minimum absolute atomic E-state index is 0.0190. The van der Waals surface area contributed by atoms with Crippen LogP contribution in [0.4, 0.5) is 0 Å². The summed E-state index contributed by atoms with van der Waals surface area (Å²) in [7, 11) is 0. The van der Waals surface area contributed by atoms with E-state index < -0.39 is 5.92 Å². The van der Waals surface area contributed by atoms with Crippen LogP contribution in [-0.4, -0.2) is 28.7 Å². The minimum Gasteiger partial charge on any atom is -0.334 e. The van der Waals surface area contributed by atoms with Crippen LogP contribution in [0.1, 0.15) is 66.8 Å². The first-order chi connectivity index (χ1) is 13.8. The molecule has 0 radical (unpaired) electrons. The Labute approximate surface area is 173 Å². The van der Waals surface area contributed by atoms with Crippen molar-refractivity contribution >= 4 is 22.5 Å². The number of ketones is 1. The second-order valence-corrected chi connectivity index (χ2v) is 8.10. The molecule has 3 rings (SSSR count). The van der Waals surface area contributed by atoms with Crippen LogP contribution < -0.4 is 0 Å². The predicted molar refractivity (Wildman–Crippen MR) is 120 cm³/mol. The number of hydrogen-bond donors (Lipinski definition) is 0. The van der Waals surface area contributed by atoms with E-state index in [0.29, 0.717) is 11.1 Å². The number of amides is 1. The number of Topliss-reactive ketones (excluding diaryl/α,β-unsaturated/α-hetero) is 1. The number of hydrogen-bond acceptors (Lipinski definition) is 2. The molecule has 3 aromatic carbocycles. The molecule has 0 aromatic heterocycles. The Bertz CT molecular complexity index is 1010. The Morgan fingerprint density at radius 1 is 0.724 bits per heavy atom. The topological polar surface area (TPSA) is 37.4 Å². The lowest BCUT2D eigenvalue weighted by atomic mass is 9.86. The van der Waals surface area contributed by atoms with Crippen molar-refractivity contribution in [3.8, 4) is 0 Å². The summed E-state index contributed by atoms with van der Waals surface area (Å²) < 4.78 is 0. The molecule has 1 atom stereocenters. The number of rotatable bonds is 6. The Morgan fingerprint density at radius 2 is 1.31 bits per heavy atom. The second kappa shape index (κ2) is 8.60. The van der Waals surface area contributed by atoms with Gasteiger partial charge >= 0.3 is 0 Å². The molecule has 0 N–H and O–H groups in total. The standard InChI is InChI=1S/C26H29NO2/c1-17(2)27(18(3)4)26(29)24-22(16-15-20-11-9-10-14-23(20)24)19(5)25(28)21-12-7-6-8-13-21/h6-19H,1-5H3/t19-/m1/s1. The largest absolute Gasteiger partial charge is 0.334 e. The molecule has 150 valence electrons. The van der Waals surface area contributed by atoms with Crippen LogP contribution in [0.15, 0.2) is 66.7 Å². The van der Waals surface area contributed by atoms with Crippen LogP contribution in [0, 0.1) is 0 Å². The number of carbonyl (C=O) groups excluding carboxylic acids is 2. The minimum atomic E-state index is -0.415. The zero-order chi connectivity index (χ0) is 21.1. The zero-order valence-electron chi connectivity index (χ0n) is 17.8. The number of fused-ring (bicyclic) bond motifs is 1. The van der Waals surface area contributed by atoms with Gasteiger partial charge in [-0.05, 0) is 44.0 Å². The molecule has 0 aliphatic rings. The number of nitrogens with zero attached hydrogens (tertiary/aromatic N) is 1. The highest BCUT2D eigenvalue weighted by Gasteiger charge is 2.29. The van der Waals surface area contributed by atoms with Gasteiger partial charge in [-0.15, -0.1) is 0 Å². The average molecular weight is 388 g/mol. The highest BCUT2D eigenvalue weighted by Crippen LogP contribution is 2.32. The van der Waals surface area contributed by atoms with Crippen LogP contribution in [0.5, 0.6) is 0 Å². The van der Waals surface area contributed by atoms with Gasteiger partial charge in [-0.2, -0.15) is 0 Å². The van der Waals surface area contributed by atoms with Gasteiger partial charge in [0, 0.05) is 23.6 Å². The molecule has 0 unspecified atom stereocenters. The van der Waals surface area contributed by atoms with Crippen LogP contribution in [0.2, 0.25) is 0 Å². The van der Waals surface area contributed by atoms with Gasteiger partial charge in [0.2, 0.25) is 0 Å². The average Bonchev–Trinajstić information content (AvgIpc) is 2.71. The van der Waals surface area contributed by atoms with Crippen LogP contribution >= 0.6 is 0 Å². The van der Waals surface area contributed by atoms with E-state index in [1.807, 2.05) is 106 Å². The summed E-state index contributed by atoms with van der Waals surface area (Å²) in [6, 6.07) is 21.3. The van der Waals surface area contributed by atoms with Gasteiger partial charge in [0.25, 0.3) is 5.91 Å². The highest BCUT2D eigenvalue weighted by atomic mass is 16.2. The van der Waals surface area contributed by atoms with Gasteiger partial charge in [-0.1, -0.05) is 73.7 Å². The van der Waals surface area contributed by atoms with E-state index >= 15 is 0 Å². The third-order valence-corrected chi connectivity index (χ3v) is 5.44. The van der Waals surface area contributed by atoms with E-state index in [4.69, 9.17) is 0 Å². The Kier molecular flexibility index (Phi) is 6.17. The molecule has 29 heavy (non-hydrogen) atoms. The van der Waals surface area contributed by atoms with E-state index in [1.54, 1.807) is 0 Å². The van der Waals surface area contributed by atoms with Crippen molar-refractivity contribution < 1.29 is 9.59 Å². The molecule has 0 fully saturated rings. The predicted octanol–water partition coefficient (Wildman–Crippen LogP) is 6.09. The van der Waals surface area contributed by atoms with Crippen molar-refractivity contribution in [1.29, 1.82) is 0 Å². The maximum Gasteiger partial charge on any atom is 0.255 e. The lowest BCUT2D eigenvalue weighted by molar-refractivity contribution is 0.0644. The lowest BCUT2D eigenvalue weighted by Gasteiger charge is -2.32. The van der Waals surface area contributed by atoms with Crippen molar-refractivity contribution in [2.75, 3.05) is 0 Å².